The van der Waals surface area contributed by atoms with Crippen molar-refractivity contribution in [1.82, 2.24) is 15.5 Å². The van der Waals surface area contributed by atoms with Gasteiger partial charge in [-0.15, -0.1) is 0 Å². The Hall–Kier alpha value is -2.37. The zero-order valence-electron chi connectivity index (χ0n) is 15.0. The summed E-state index contributed by atoms with van der Waals surface area (Å²) in [5.41, 5.74) is 4.32. The number of amides is 1. The molecule has 132 valence electrons. The van der Waals surface area contributed by atoms with Crippen LogP contribution >= 0.6 is 0 Å². The van der Waals surface area contributed by atoms with E-state index in [1.165, 1.54) is 11.1 Å². The summed E-state index contributed by atoms with van der Waals surface area (Å²) in [6.45, 7) is 2.25. The summed E-state index contributed by atoms with van der Waals surface area (Å²) in [6.07, 6.45) is 0. The van der Waals surface area contributed by atoms with E-state index < -0.39 is 0 Å². The van der Waals surface area contributed by atoms with E-state index in [-0.39, 0.29) is 11.9 Å². The van der Waals surface area contributed by atoms with E-state index in [9.17, 15) is 4.79 Å². The highest BCUT2D eigenvalue weighted by Gasteiger charge is 2.18. The Balaban J connectivity index is 1.69. The number of nitrogens with zero attached hydrogens (tertiary/aromatic N) is 1. The number of carbonyl (C=O) groups excluding carboxylic acids is 1. The molecule has 0 bridgehead atoms. The van der Waals surface area contributed by atoms with Crippen LogP contribution in [0.5, 0.6) is 5.75 Å². The summed E-state index contributed by atoms with van der Waals surface area (Å²) in [7, 11) is 5.68. The molecule has 5 heteroatoms. The van der Waals surface area contributed by atoms with Crippen molar-refractivity contribution in [1.29, 1.82) is 0 Å². The van der Waals surface area contributed by atoms with Gasteiger partial charge in [0.05, 0.1) is 13.2 Å². The number of rotatable bonds is 6. The van der Waals surface area contributed by atoms with Crippen LogP contribution in [-0.2, 0) is 13.1 Å². The smallest absolute Gasteiger partial charge is 0.251 e. The van der Waals surface area contributed by atoms with Crippen molar-refractivity contribution in [3.8, 4) is 5.75 Å². The molecule has 1 heterocycles. The quantitative estimate of drug-likeness (QED) is 0.848. The molecule has 25 heavy (non-hydrogen) atoms. The number of hydrogen-bond acceptors (Lipinski definition) is 4. The van der Waals surface area contributed by atoms with Crippen molar-refractivity contribution in [2.45, 2.75) is 19.1 Å². The molecule has 2 aromatic carbocycles. The van der Waals surface area contributed by atoms with Gasteiger partial charge in [-0.25, -0.2) is 0 Å². The molecule has 0 spiro atoms. The SMILES string of the molecule is COc1cccc(C(CNC(=O)c2ccc3c(c2)CNC3)N(C)C)c1. The zero-order valence-corrected chi connectivity index (χ0v) is 15.0. The lowest BCUT2D eigenvalue weighted by Crippen LogP contribution is -2.34. The molecule has 0 aromatic heterocycles. The summed E-state index contributed by atoms with van der Waals surface area (Å²) in [4.78, 5) is 14.7. The second-order valence-electron chi connectivity index (χ2n) is 6.55. The molecule has 0 radical (unpaired) electrons. The predicted octanol–water partition coefficient (Wildman–Crippen LogP) is 2.33. The number of carbonyl (C=O) groups is 1. The van der Waals surface area contributed by atoms with Crippen LogP contribution in [0.2, 0.25) is 0 Å². The molecule has 1 atom stereocenters. The first-order valence-electron chi connectivity index (χ1n) is 8.49. The number of methoxy groups -OCH3 is 1. The van der Waals surface area contributed by atoms with E-state index in [1.54, 1.807) is 7.11 Å². The second kappa shape index (κ2) is 7.68. The molecule has 1 aliphatic heterocycles. The topological polar surface area (TPSA) is 53.6 Å². The third-order valence-electron chi connectivity index (χ3n) is 4.66. The Kier molecular flexibility index (Phi) is 5.36. The minimum absolute atomic E-state index is 0.0375. The lowest BCUT2D eigenvalue weighted by Gasteiger charge is -2.25. The minimum Gasteiger partial charge on any atom is -0.497 e. The van der Waals surface area contributed by atoms with E-state index in [4.69, 9.17) is 4.74 Å². The predicted molar refractivity (Wildman–Crippen MR) is 98.7 cm³/mol. The number of nitrogens with one attached hydrogen (secondary N) is 2. The molecule has 0 aliphatic carbocycles. The van der Waals surface area contributed by atoms with Gasteiger partial charge in [-0.2, -0.15) is 0 Å². The largest absolute Gasteiger partial charge is 0.497 e. The van der Waals surface area contributed by atoms with E-state index in [0.29, 0.717) is 12.1 Å². The van der Waals surface area contributed by atoms with E-state index >= 15 is 0 Å². The highest BCUT2D eigenvalue weighted by atomic mass is 16.5. The molecule has 0 fully saturated rings. The van der Waals surface area contributed by atoms with Gasteiger partial charge in [0.1, 0.15) is 5.75 Å². The van der Waals surface area contributed by atoms with Crippen LogP contribution in [-0.4, -0.2) is 38.6 Å². The Labute approximate surface area is 149 Å². The monoisotopic (exact) mass is 339 g/mol. The highest BCUT2D eigenvalue weighted by Crippen LogP contribution is 2.22. The number of benzene rings is 2. The van der Waals surface area contributed by atoms with Gasteiger partial charge in [0.25, 0.3) is 5.91 Å². The minimum atomic E-state index is -0.0375. The molecule has 2 aromatic rings. The Morgan fingerprint density at radius 1 is 1.20 bits per heavy atom. The summed E-state index contributed by atoms with van der Waals surface area (Å²) in [5.74, 6) is 0.784. The van der Waals surface area contributed by atoms with Gasteiger partial charge in [0, 0.05) is 25.2 Å². The number of ether oxygens (including phenoxy) is 1. The Morgan fingerprint density at radius 3 is 2.76 bits per heavy atom. The number of likely N-dealkylation sites (N-methyl/N-ethyl adjacent to an activating group) is 1. The number of fused-ring (bicyclic) bond motifs is 1. The van der Waals surface area contributed by atoms with Gasteiger partial charge in [0.2, 0.25) is 0 Å². The molecule has 5 nitrogen and oxygen atoms in total. The first kappa shape index (κ1) is 17.5. The number of hydrogen-bond donors (Lipinski definition) is 2. The molecular formula is C20H25N3O2. The van der Waals surface area contributed by atoms with Crippen molar-refractivity contribution in [3.63, 3.8) is 0 Å². The van der Waals surface area contributed by atoms with Crippen LogP contribution < -0.4 is 15.4 Å². The van der Waals surface area contributed by atoms with Crippen molar-refractivity contribution in [3.05, 3.63) is 64.7 Å². The van der Waals surface area contributed by atoms with Crippen LogP contribution in [0.4, 0.5) is 0 Å². The van der Waals surface area contributed by atoms with E-state index in [2.05, 4.69) is 21.6 Å². The molecule has 1 amide bonds. The van der Waals surface area contributed by atoms with E-state index in [0.717, 1.165) is 24.4 Å². The molecule has 1 aliphatic rings. The molecule has 0 saturated carbocycles. The average Bonchev–Trinajstić information content (AvgIpc) is 3.09. The first-order chi connectivity index (χ1) is 12.1. The fourth-order valence-electron chi connectivity index (χ4n) is 3.17. The molecule has 0 saturated heterocycles. The van der Waals surface area contributed by atoms with Gasteiger partial charge in [-0.3, -0.25) is 4.79 Å². The van der Waals surface area contributed by atoms with Gasteiger partial charge in [0.15, 0.2) is 0 Å². The van der Waals surface area contributed by atoms with Crippen LogP contribution in [0.3, 0.4) is 0 Å². The first-order valence-corrected chi connectivity index (χ1v) is 8.49. The maximum absolute atomic E-state index is 12.6. The van der Waals surface area contributed by atoms with Crippen LogP contribution in [0.15, 0.2) is 42.5 Å². The molecular weight excluding hydrogens is 314 g/mol. The summed E-state index contributed by atoms with van der Waals surface area (Å²) in [5, 5.41) is 6.37. The fraction of sp³-hybridized carbons (Fsp3) is 0.350. The lowest BCUT2D eigenvalue weighted by molar-refractivity contribution is 0.0942. The van der Waals surface area contributed by atoms with Crippen molar-refractivity contribution >= 4 is 5.91 Å². The second-order valence-corrected chi connectivity index (χ2v) is 6.55. The van der Waals surface area contributed by atoms with Gasteiger partial charge in [-0.05, 0) is 55.1 Å². The molecule has 3 rings (SSSR count). The van der Waals surface area contributed by atoms with Gasteiger partial charge < -0.3 is 20.3 Å². The Morgan fingerprint density at radius 2 is 2.00 bits per heavy atom. The van der Waals surface area contributed by atoms with Crippen LogP contribution in [0.1, 0.15) is 33.1 Å². The Bertz CT molecular complexity index is 758. The van der Waals surface area contributed by atoms with Crippen molar-refractivity contribution < 1.29 is 9.53 Å². The zero-order chi connectivity index (χ0) is 17.8. The summed E-state index contributed by atoms with van der Waals surface area (Å²) in [6, 6.07) is 14.0. The summed E-state index contributed by atoms with van der Waals surface area (Å²) < 4.78 is 5.31. The third kappa shape index (κ3) is 4.00. The summed E-state index contributed by atoms with van der Waals surface area (Å²) >= 11 is 0. The van der Waals surface area contributed by atoms with Crippen molar-refractivity contribution in [2.75, 3.05) is 27.7 Å². The van der Waals surface area contributed by atoms with Crippen LogP contribution in [0, 0.1) is 0 Å². The standard InChI is InChI=1S/C20H25N3O2/c1-23(2)19(14-5-4-6-18(10-14)25-3)13-22-20(24)15-7-8-16-11-21-12-17(16)9-15/h4-10,19,21H,11-13H2,1-3H3,(H,22,24). The van der Waals surface area contributed by atoms with E-state index in [1.807, 2.05) is 50.5 Å². The fourth-order valence-corrected chi connectivity index (χ4v) is 3.17. The lowest BCUT2D eigenvalue weighted by atomic mass is 10.0. The maximum Gasteiger partial charge on any atom is 0.251 e. The van der Waals surface area contributed by atoms with Crippen molar-refractivity contribution in [2.24, 2.45) is 0 Å². The van der Waals surface area contributed by atoms with Gasteiger partial charge >= 0.3 is 0 Å². The van der Waals surface area contributed by atoms with Crippen LogP contribution in [0.25, 0.3) is 0 Å². The molecule has 2 N–H and O–H groups in total. The third-order valence-corrected chi connectivity index (χ3v) is 4.66. The maximum atomic E-state index is 12.6. The molecule has 1 unspecified atom stereocenters. The normalized spacial score (nSPS) is 14.2. The van der Waals surface area contributed by atoms with Gasteiger partial charge in [-0.1, -0.05) is 18.2 Å². The highest BCUT2D eigenvalue weighted by molar-refractivity contribution is 5.94. The average molecular weight is 339 g/mol.